The van der Waals surface area contributed by atoms with E-state index in [4.69, 9.17) is 17.5 Å². The van der Waals surface area contributed by atoms with Crippen LogP contribution in [0.2, 0.25) is 0 Å². The summed E-state index contributed by atoms with van der Waals surface area (Å²) in [6.07, 6.45) is 59.8. The van der Waals surface area contributed by atoms with Crippen LogP contribution in [0.5, 0.6) is 0 Å². The minimum Gasteiger partial charge on any atom is -0.173 e. The molecule has 0 saturated carbocycles. The summed E-state index contributed by atoms with van der Waals surface area (Å²) in [7, 11) is 0. The normalized spacial score (nSPS) is 14.1. The van der Waals surface area contributed by atoms with Gasteiger partial charge in [0.05, 0.1) is 23.5 Å². The molecule has 76 heavy (non-hydrogen) atoms. The maximum absolute atomic E-state index is 5.27. The molecule has 0 atom stereocenters. The first-order valence-electron chi connectivity index (χ1n) is 33.2. The van der Waals surface area contributed by atoms with Crippen molar-refractivity contribution in [2.45, 2.75) is 335 Å². The number of aryl methyl sites for hydroxylation is 2. The van der Waals surface area contributed by atoms with Crippen LogP contribution < -0.4 is 0 Å². The van der Waals surface area contributed by atoms with Crippen molar-refractivity contribution in [3.8, 4) is 22.3 Å². The fraction of sp³-hybridized carbons (Fsp3) is 0.743. The average molecular weight is 1070 g/mol. The van der Waals surface area contributed by atoms with Gasteiger partial charge in [0.15, 0.2) is 0 Å². The molecule has 4 nitrogen and oxygen atoms in total. The number of benzene rings is 3. The lowest BCUT2D eigenvalue weighted by Gasteiger charge is -2.35. The van der Waals surface area contributed by atoms with Crippen LogP contribution in [0.25, 0.3) is 44.3 Å². The predicted octanol–water partition coefficient (Wildman–Crippen LogP) is 24.1. The zero-order valence-electron chi connectivity index (χ0n) is 50.0. The Balaban J connectivity index is 1.25. The first-order valence-corrected chi connectivity index (χ1v) is 34.6. The second kappa shape index (κ2) is 33.1. The van der Waals surface area contributed by atoms with Crippen LogP contribution in [0.3, 0.4) is 0 Å². The molecule has 0 amide bonds. The van der Waals surface area contributed by atoms with E-state index in [0.717, 1.165) is 11.0 Å². The van der Waals surface area contributed by atoms with Crippen LogP contribution in [-0.2, 0) is 10.8 Å². The first kappa shape index (κ1) is 60.9. The predicted molar refractivity (Wildman–Crippen MR) is 336 cm³/mol. The van der Waals surface area contributed by atoms with E-state index in [0.29, 0.717) is 0 Å². The summed E-state index contributed by atoms with van der Waals surface area (Å²) in [5.41, 5.74) is 19.4. The molecule has 2 aliphatic rings. The number of aromatic nitrogens is 4. The number of nitrogens with zero attached hydrogens (tertiary/aromatic N) is 4. The van der Waals surface area contributed by atoms with Gasteiger partial charge in [0.1, 0.15) is 22.1 Å². The first-order chi connectivity index (χ1) is 37.5. The van der Waals surface area contributed by atoms with Gasteiger partial charge in [-0.1, -0.05) is 297 Å². The summed E-state index contributed by atoms with van der Waals surface area (Å²) in [6, 6.07) is 10.9. The Hall–Kier alpha value is -2.70. The van der Waals surface area contributed by atoms with Crippen molar-refractivity contribution in [2.24, 2.45) is 0 Å². The van der Waals surface area contributed by atoms with Gasteiger partial charge >= 0.3 is 0 Å². The van der Waals surface area contributed by atoms with E-state index in [1.54, 1.807) is 22.3 Å². The summed E-state index contributed by atoms with van der Waals surface area (Å²) in [5.74, 6) is 0. The number of unbranched alkanes of at least 4 members (excludes halogenated alkanes) is 36. The van der Waals surface area contributed by atoms with Crippen molar-refractivity contribution >= 4 is 45.5 Å². The number of rotatable bonds is 44. The topological polar surface area (TPSA) is 51.6 Å². The highest BCUT2D eigenvalue weighted by Gasteiger charge is 2.49. The van der Waals surface area contributed by atoms with Gasteiger partial charge in [-0.05, 0) is 96.2 Å². The van der Waals surface area contributed by atoms with E-state index in [1.165, 1.54) is 350 Å². The van der Waals surface area contributed by atoms with Crippen LogP contribution in [-0.4, -0.2) is 17.5 Å². The molecule has 2 heterocycles. The zero-order valence-corrected chi connectivity index (χ0v) is 51.7. The highest BCUT2D eigenvalue weighted by Crippen LogP contribution is 2.63. The number of hydrogen-bond donors (Lipinski definition) is 0. The van der Waals surface area contributed by atoms with Crippen molar-refractivity contribution in [2.75, 3.05) is 0 Å². The van der Waals surface area contributed by atoms with Crippen LogP contribution in [0.15, 0.2) is 24.3 Å². The molecule has 0 spiro atoms. The molecule has 0 aliphatic heterocycles. The van der Waals surface area contributed by atoms with Gasteiger partial charge in [-0.15, -0.1) is 0 Å². The summed E-state index contributed by atoms with van der Waals surface area (Å²) in [4.78, 5) is 0. The molecule has 2 aliphatic carbocycles. The Morgan fingerprint density at radius 2 is 0.500 bits per heavy atom. The Bertz CT molecular complexity index is 2210. The molecular weight excluding hydrogens is 961 g/mol. The second-order valence-corrected chi connectivity index (χ2v) is 26.0. The maximum atomic E-state index is 5.27. The molecule has 0 unspecified atom stereocenters. The Morgan fingerprint density at radius 1 is 0.276 bits per heavy atom. The van der Waals surface area contributed by atoms with Crippen molar-refractivity contribution in [1.29, 1.82) is 0 Å². The van der Waals surface area contributed by atoms with Crippen LogP contribution in [0.1, 0.15) is 344 Å². The SMILES string of the molecule is CCCCCCCCCCCCC1(CCCCCCCCCCCC)c2cc3c(cc2-c2c1cc(C)c1nsnc21)C(CCCCCCCCCCCC)(CCCCCCCCCCCC)c1cc(C)c2nsnc2c1-3. The summed E-state index contributed by atoms with van der Waals surface area (Å²) in [6.45, 7) is 14.0. The lowest BCUT2D eigenvalue weighted by molar-refractivity contribution is 0.393. The van der Waals surface area contributed by atoms with E-state index >= 15 is 0 Å². The highest BCUT2D eigenvalue weighted by atomic mass is 32.1. The third kappa shape index (κ3) is 15.8. The van der Waals surface area contributed by atoms with Crippen molar-refractivity contribution < 1.29 is 0 Å². The maximum Gasteiger partial charge on any atom is 0.113 e. The van der Waals surface area contributed by atoms with Gasteiger partial charge in [-0.3, -0.25) is 0 Å². The third-order valence-electron chi connectivity index (χ3n) is 19.0. The van der Waals surface area contributed by atoms with Gasteiger partial charge in [-0.2, -0.15) is 17.5 Å². The molecule has 2 aromatic heterocycles. The second-order valence-electron chi connectivity index (χ2n) is 25.0. The molecule has 0 saturated heterocycles. The molecule has 422 valence electrons. The Kier molecular flexibility index (Phi) is 26.6. The van der Waals surface area contributed by atoms with Gasteiger partial charge < -0.3 is 0 Å². The van der Waals surface area contributed by atoms with E-state index in [2.05, 4.69) is 65.8 Å². The molecule has 5 aromatic rings. The van der Waals surface area contributed by atoms with Gasteiger partial charge in [0.25, 0.3) is 0 Å². The van der Waals surface area contributed by atoms with E-state index < -0.39 is 0 Å². The fourth-order valence-corrected chi connectivity index (χ4v) is 15.8. The molecule has 0 N–H and O–H groups in total. The van der Waals surface area contributed by atoms with E-state index in [-0.39, 0.29) is 10.8 Å². The lowest BCUT2D eigenvalue weighted by Crippen LogP contribution is -2.27. The summed E-state index contributed by atoms with van der Waals surface area (Å²) < 4.78 is 20.6. The fourth-order valence-electron chi connectivity index (χ4n) is 14.6. The van der Waals surface area contributed by atoms with E-state index in [1.807, 2.05) is 0 Å². The van der Waals surface area contributed by atoms with Crippen LogP contribution >= 0.6 is 23.5 Å². The summed E-state index contributed by atoms with van der Waals surface area (Å²) >= 11 is 2.86. The smallest absolute Gasteiger partial charge is 0.113 e. The monoisotopic (exact) mass is 1070 g/mol. The molecule has 6 heteroatoms. The molecule has 0 radical (unpaired) electrons. The molecular formula is C70H110N4S2. The quantitative estimate of drug-likeness (QED) is 0.0365. The lowest BCUT2D eigenvalue weighted by atomic mass is 9.68. The van der Waals surface area contributed by atoms with Crippen LogP contribution in [0, 0.1) is 13.8 Å². The minimum absolute atomic E-state index is 0.0365. The third-order valence-corrected chi connectivity index (χ3v) is 20.1. The number of fused-ring (bicyclic) bond motifs is 10. The zero-order chi connectivity index (χ0) is 53.3. The van der Waals surface area contributed by atoms with Crippen molar-refractivity contribution in [3.05, 3.63) is 57.6 Å². The number of hydrogen-bond acceptors (Lipinski definition) is 6. The van der Waals surface area contributed by atoms with E-state index in [9.17, 15) is 0 Å². The molecule has 0 bridgehead atoms. The Morgan fingerprint density at radius 3 is 0.750 bits per heavy atom. The average Bonchev–Trinajstić information content (AvgIpc) is 4.38. The highest BCUT2D eigenvalue weighted by molar-refractivity contribution is 7.00. The molecule has 0 fully saturated rings. The molecule has 7 rings (SSSR count). The van der Waals surface area contributed by atoms with Gasteiger partial charge in [-0.25, -0.2) is 0 Å². The largest absolute Gasteiger partial charge is 0.173 e. The van der Waals surface area contributed by atoms with Crippen LogP contribution in [0.4, 0.5) is 0 Å². The van der Waals surface area contributed by atoms with Crippen molar-refractivity contribution in [3.63, 3.8) is 0 Å². The molecule has 3 aromatic carbocycles. The van der Waals surface area contributed by atoms with Crippen molar-refractivity contribution in [1.82, 2.24) is 17.5 Å². The Labute approximate surface area is 475 Å². The summed E-state index contributed by atoms with van der Waals surface area (Å²) in [5, 5.41) is 0. The standard InChI is InChI=1S/C70H110N4S2/c1-7-11-15-19-23-27-31-35-39-43-47-69(48-44-40-36-32-28-24-20-16-12-8-2)59-53-58-60(54-57(59)63-61(69)51-55(5)65-67(63)73-75-71-65)70(49-45-41-37-33-29-25-21-17-13-9-3,50-46-42-38-34-30-26-22-18-14-10-4)62-52-56(6)66-68(64(58)62)74-76-72-66/h51-54H,7-50H2,1-6H3. The van der Waals surface area contributed by atoms with Gasteiger partial charge in [0.2, 0.25) is 0 Å². The minimum atomic E-state index is -0.0365. The van der Waals surface area contributed by atoms with Gasteiger partial charge in [0, 0.05) is 22.0 Å².